The van der Waals surface area contributed by atoms with Gasteiger partial charge in [0.25, 0.3) is 0 Å². The minimum absolute atomic E-state index is 0.507. The lowest BCUT2D eigenvalue weighted by atomic mass is 10.1. The Balaban J connectivity index is 1.65. The first kappa shape index (κ1) is 15.2. The average Bonchev–Trinajstić information content (AvgIpc) is 2.95. The first-order valence-corrected chi connectivity index (χ1v) is 8.74. The lowest BCUT2D eigenvalue weighted by molar-refractivity contribution is 0.263. The van der Waals surface area contributed by atoms with E-state index < -0.39 is 0 Å². The van der Waals surface area contributed by atoms with Crippen LogP contribution in [0.1, 0.15) is 18.4 Å². The molecule has 0 amide bonds. The number of anilines is 1. The Morgan fingerprint density at radius 1 is 1.00 bits per heavy atom. The molecule has 1 N–H and O–H groups in total. The lowest BCUT2D eigenvalue weighted by Gasteiger charge is -2.29. The Kier molecular flexibility index (Phi) is 4.22. The summed E-state index contributed by atoms with van der Waals surface area (Å²) in [6.07, 6.45) is 2.34. The van der Waals surface area contributed by atoms with Gasteiger partial charge in [0, 0.05) is 6.04 Å². The third kappa shape index (κ3) is 3.15. The fraction of sp³-hybridized carbons (Fsp3) is 0.350. The Hall–Kier alpha value is -2.33. The van der Waals surface area contributed by atoms with E-state index in [1.165, 1.54) is 23.9 Å². The van der Waals surface area contributed by atoms with Crippen molar-refractivity contribution in [2.24, 2.45) is 0 Å². The van der Waals surface area contributed by atoms with Crippen molar-refractivity contribution in [3.05, 3.63) is 60.2 Å². The molecule has 3 aromatic rings. The number of piperidine rings is 1. The van der Waals surface area contributed by atoms with E-state index in [-0.39, 0.29) is 0 Å². The summed E-state index contributed by atoms with van der Waals surface area (Å²) in [4.78, 5) is 7.25. The van der Waals surface area contributed by atoms with Gasteiger partial charge < -0.3 is 14.8 Å². The van der Waals surface area contributed by atoms with Gasteiger partial charge in [-0.15, -0.1) is 0 Å². The molecule has 4 heteroatoms. The summed E-state index contributed by atoms with van der Waals surface area (Å²) in [6.45, 7) is 3.14. The van der Waals surface area contributed by atoms with E-state index in [2.05, 4.69) is 76.4 Å². The number of imidazole rings is 1. The highest BCUT2D eigenvalue weighted by Crippen LogP contribution is 2.23. The molecule has 1 aliphatic heterocycles. The number of hydrogen-bond acceptors (Lipinski definition) is 3. The number of nitrogens with one attached hydrogen (secondary N) is 1. The molecule has 1 fully saturated rings. The summed E-state index contributed by atoms with van der Waals surface area (Å²) >= 11 is 0. The zero-order valence-corrected chi connectivity index (χ0v) is 14.2. The van der Waals surface area contributed by atoms with E-state index in [1.54, 1.807) is 0 Å². The van der Waals surface area contributed by atoms with E-state index in [1.807, 2.05) is 0 Å². The predicted octanol–water partition coefficient (Wildman–Crippen LogP) is 3.59. The summed E-state index contributed by atoms with van der Waals surface area (Å²) in [5.41, 5.74) is 3.55. The molecule has 0 unspecified atom stereocenters. The van der Waals surface area contributed by atoms with Crippen LogP contribution in [0, 0.1) is 0 Å². The van der Waals surface area contributed by atoms with Crippen molar-refractivity contribution in [2.75, 3.05) is 25.5 Å². The topological polar surface area (TPSA) is 33.1 Å². The molecule has 0 saturated carbocycles. The minimum Gasteiger partial charge on any atom is -0.353 e. The molecule has 1 aromatic heterocycles. The van der Waals surface area contributed by atoms with Crippen molar-refractivity contribution in [3.63, 3.8) is 0 Å². The second-order valence-electron chi connectivity index (χ2n) is 6.72. The normalized spacial score (nSPS) is 16.5. The molecule has 0 aliphatic carbocycles. The van der Waals surface area contributed by atoms with Gasteiger partial charge in [0.15, 0.2) is 0 Å². The largest absolute Gasteiger partial charge is 0.353 e. The van der Waals surface area contributed by atoms with Crippen LogP contribution < -0.4 is 5.32 Å². The fourth-order valence-electron chi connectivity index (χ4n) is 3.45. The van der Waals surface area contributed by atoms with E-state index in [4.69, 9.17) is 4.98 Å². The van der Waals surface area contributed by atoms with Gasteiger partial charge in [-0.05, 0) is 50.7 Å². The summed E-state index contributed by atoms with van der Waals surface area (Å²) in [7, 11) is 2.20. The van der Waals surface area contributed by atoms with Crippen LogP contribution >= 0.6 is 0 Å². The van der Waals surface area contributed by atoms with Gasteiger partial charge in [0.2, 0.25) is 5.95 Å². The van der Waals surface area contributed by atoms with Crippen molar-refractivity contribution >= 4 is 17.0 Å². The highest BCUT2D eigenvalue weighted by molar-refractivity contribution is 5.78. The second kappa shape index (κ2) is 6.65. The van der Waals surface area contributed by atoms with Crippen LogP contribution in [0.15, 0.2) is 54.6 Å². The molecule has 1 saturated heterocycles. The van der Waals surface area contributed by atoms with E-state index >= 15 is 0 Å². The SMILES string of the molecule is CN1CCC(Nc2nc3ccccc3n2Cc2ccccc2)CC1. The molecule has 24 heavy (non-hydrogen) atoms. The molecule has 124 valence electrons. The van der Waals surface area contributed by atoms with Crippen molar-refractivity contribution in [1.29, 1.82) is 0 Å². The Morgan fingerprint density at radius 2 is 1.71 bits per heavy atom. The Labute approximate surface area is 143 Å². The van der Waals surface area contributed by atoms with Crippen LogP contribution in [0.5, 0.6) is 0 Å². The van der Waals surface area contributed by atoms with Crippen molar-refractivity contribution in [1.82, 2.24) is 14.5 Å². The first-order valence-electron chi connectivity index (χ1n) is 8.74. The molecule has 4 rings (SSSR count). The zero-order valence-electron chi connectivity index (χ0n) is 14.2. The van der Waals surface area contributed by atoms with Gasteiger partial charge in [-0.2, -0.15) is 0 Å². The Bertz CT molecular complexity index is 801. The van der Waals surface area contributed by atoms with Crippen LogP contribution in [0.2, 0.25) is 0 Å². The van der Waals surface area contributed by atoms with Crippen molar-refractivity contribution in [3.8, 4) is 0 Å². The number of hydrogen-bond donors (Lipinski definition) is 1. The highest BCUT2D eigenvalue weighted by atomic mass is 15.2. The van der Waals surface area contributed by atoms with Crippen LogP contribution in [0.3, 0.4) is 0 Å². The summed E-state index contributed by atoms with van der Waals surface area (Å²) in [5.74, 6) is 0.995. The van der Waals surface area contributed by atoms with E-state index in [0.29, 0.717) is 6.04 Å². The third-order valence-corrected chi connectivity index (χ3v) is 4.89. The molecular formula is C20H24N4. The standard InChI is InChI=1S/C20H24N4/c1-23-13-11-17(12-14-23)21-20-22-18-9-5-6-10-19(18)24(20)15-16-7-3-2-4-8-16/h2-10,17H,11-15H2,1H3,(H,21,22). The molecule has 2 heterocycles. The number of benzene rings is 2. The van der Waals surface area contributed by atoms with Crippen LogP contribution in [-0.4, -0.2) is 40.6 Å². The number of nitrogens with zero attached hydrogens (tertiary/aromatic N) is 3. The minimum atomic E-state index is 0.507. The maximum atomic E-state index is 4.86. The van der Waals surface area contributed by atoms with Gasteiger partial charge in [0.05, 0.1) is 17.6 Å². The van der Waals surface area contributed by atoms with Crippen LogP contribution in [0.4, 0.5) is 5.95 Å². The first-order chi connectivity index (χ1) is 11.8. The predicted molar refractivity (Wildman–Crippen MR) is 99.4 cm³/mol. The monoisotopic (exact) mass is 320 g/mol. The number of likely N-dealkylation sites (tertiary alicyclic amines) is 1. The maximum absolute atomic E-state index is 4.86. The fourth-order valence-corrected chi connectivity index (χ4v) is 3.45. The molecule has 0 radical (unpaired) electrons. The lowest BCUT2D eigenvalue weighted by Crippen LogP contribution is -2.37. The molecule has 1 aliphatic rings. The van der Waals surface area contributed by atoms with Gasteiger partial charge >= 0.3 is 0 Å². The summed E-state index contributed by atoms with van der Waals surface area (Å²) < 4.78 is 2.31. The quantitative estimate of drug-likeness (QED) is 0.797. The van der Waals surface area contributed by atoms with Crippen molar-refractivity contribution in [2.45, 2.75) is 25.4 Å². The smallest absolute Gasteiger partial charge is 0.204 e. The van der Waals surface area contributed by atoms with Gasteiger partial charge in [-0.3, -0.25) is 0 Å². The van der Waals surface area contributed by atoms with E-state index in [0.717, 1.165) is 31.1 Å². The third-order valence-electron chi connectivity index (χ3n) is 4.89. The number of fused-ring (bicyclic) bond motifs is 1. The van der Waals surface area contributed by atoms with Gasteiger partial charge in [-0.1, -0.05) is 42.5 Å². The molecule has 2 aromatic carbocycles. The number of rotatable bonds is 4. The van der Waals surface area contributed by atoms with Gasteiger partial charge in [0.1, 0.15) is 0 Å². The molecule has 4 nitrogen and oxygen atoms in total. The maximum Gasteiger partial charge on any atom is 0.204 e. The molecule has 0 atom stereocenters. The number of para-hydroxylation sites is 2. The average molecular weight is 320 g/mol. The number of aromatic nitrogens is 2. The van der Waals surface area contributed by atoms with Crippen LogP contribution in [-0.2, 0) is 6.54 Å². The van der Waals surface area contributed by atoms with Gasteiger partial charge in [-0.25, -0.2) is 4.98 Å². The zero-order chi connectivity index (χ0) is 16.4. The summed E-state index contributed by atoms with van der Waals surface area (Å²) in [6, 6.07) is 19.5. The molecule has 0 spiro atoms. The summed E-state index contributed by atoms with van der Waals surface area (Å²) in [5, 5.41) is 3.70. The van der Waals surface area contributed by atoms with Crippen LogP contribution in [0.25, 0.3) is 11.0 Å². The highest BCUT2D eigenvalue weighted by Gasteiger charge is 2.19. The van der Waals surface area contributed by atoms with E-state index in [9.17, 15) is 0 Å². The molecule has 0 bridgehead atoms. The Morgan fingerprint density at radius 3 is 2.50 bits per heavy atom. The second-order valence-corrected chi connectivity index (χ2v) is 6.72. The van der Waals surface area contributed by atoms with Crippen molar-refractivity contribution < 1.29 is 0 Å². The molecular weight excluding hydrogens is 296 g/mol.